The SMILES string of the molecule is CCOC(=O)C1=C(C)NC(SCCC(=O)O)=C(C#N)C1c1cc(OC)c(OC)c(OC)c1. The van der Waals surface area contributed by atoms with Crippen LogP contribution in [-0.2, 0) is 14.3 Å². The van der Waals surface area contributed by atoms with Gasteiger partial charge in [0.15, 0.2) is 11.5 Å². The maximum Gasteiger partial charge on any atom is 0.336 e. The minimum Gasteiger partial charge on any atom is -0.493 e. The molecule has 0 aromatic heterocycles. The smallest absolute Gasteiger partial charge is 0.336 e. The number of dihydropyridines is 1. The van der Waals surface area contributed by atoms with Crippen LogP contribution >= 0.6 is 11.8 Å². The number of hydrogen-bond donors (Lipinski definition) is 2. The first-order chi connectivity index (χ1) is 15.3. The maximum absolute atomic E-state index is 12.9. The third-order valence-electron chi connectivity index (χ3n) is 4.73. The molecule has 32 heavy (non-hydrogen) atoms. The molecule has 9 nitrogen and oxygen atoms in total. The first kappa shape index (κ1) is 24.9. The van der Waals surface area contributed by atoms with Crippen molar-refractivity contribution in [1.29, 1.82) is 5.26 Å². The molecule has 0 fully saturated rings. The Bertz CT molecular complexity index is 969. The Balaban J connectivity index is 2.71. The molecule has 0 aliphatic carbocycles. The van der Waals surface area contributed by atoms with Crippen LogP contribution in [0.25, 0.3) is 0 Å². The largest absolute Gasteiger partial charge is 0.493 e. The first-order valence-corrected chi connectivity index (χ1v) is 10.7. The molecule has 0 saturated carbocycles. The van der Waals surface area contributed by atoms with Gasteiger partial charge in [-0.1, -0.05) is 0 Å². The number of carbonyl (C=O) groups is 2. The third-order valence-corrected chi connectivity index (χ3v) is 5.74. The van der Waals surface area contributed by atoms with Gasteiger partial charge in [0.05, 0.1) is 62.5 Å². The number of ether oxygens (including phenoxy) is 4. The highest BCUT2D eigenvalue weighted by Gasteiger charge is 2.36. The molecular formula is C22H26N2O7S. The van der Waals surface area contributed by atoms with E-state index in [1.165, 1.54) is 33.1 Å². The molecule has 1 aromatic carbocycles. The molecule has 1 aromatic rings. The van der Waals surface area contributed by atoms with Crippen molar-refractivity contribution in [3.63, 3.8) is 0 Å². The van der Waals surface area contributed by atoms with E-state index >= 15 is 0 Å². The normalized spacial score (nSPS) is 15.6. The van der Waals surface area contributed by atoms with E-state index in [0.29, 0.717) is 33.5 Å². The fourth-order valence-electron chi connectivity index (χ4n) is 3.35. The van der Waals surface area contributed by atoms with Crippen LogP contribution in [0.2, 0.25) is 0 Å². The van der Waals surface area contributed by atoms with Gasteiger partial charge in [-0.3, -0.25) is 4.79 Å². The van der Waals surface area contributed by atoms with Gasteiger partial charge in [-0.05, 0) is 31.5 Å². The molecule has 0 amide bonds. The van der Waals surface area contributed by atoms with Crippen LogP contribution in [0.1, 0.15) is 31.7 Å². The van der Waals surface area contributed by atoms with Crippen molar-refractivity contribution < 1.29 is 33.6 Å². The number of allylic oxidation sites excluding steroid dienone is 2. The number of rotatable bonds is 10. The second-order valence-corrected chi connectivity index (χ2v) is 7.73. The Kier molecular flexibility index (Phi) is 8.84. The molecule has 2 rings (SSSR count). The standard InChI is InChI=1S/C22H26N2O7S/c1-6-31-22(27)18-12(2)24-21(32-8-7-17(25)26)14(11-23)19(18)13-9-15(28-3)20(30-5)16(10-13)29-4/h9-10,19,24H,6-8H2,1-5H3,(H,25,26). The number of nitriles is 1. The number of nitrogens with zero attached hydrogens (tertiary/aromatic N) is 1. The lowest BCUT2D eigenvalue weighted by molar-refractivity contribution is -0.139. The predicted octanol–water partition coefficient (Wildman–Crippen LogP) is 3.18. The van der Waals surface area contributed by atoms with Gasteiger partial charge in [0.25, 0.3) is 0 Å². The summed E-state index contributed by atoms with van der Waals surface area (Å²) in [6, 6.07) is 5.55. The molecule has 172 valence electrons. The second kappa shape index (κ2) is 11.3. The van der Waals surface area contributed by atoms with E-state index in [2.05, 4.69) is 11.4 Å². The Morgan fingerprint density at radius 1 is 1.19 bits per heavy atom. The van der Waals surface area contributed by atoms with Gasteiger partial charge in [-0.15, -0.1) is 11.8 Å². The first-order valence-electron chi connectivity index (χ1n) is 9.76. The van der Waals surface area contributed by atoms with Crippen molar-refractivity contribution in [2.45, 2.75) is 26.2 Å². The molecule has 0 saturated heterocycles. The number of thioether (sulfide) groups is 1. The summed E-state index contributed by atoms with van der Waals surface area (Å²) >= 11 is 1.21. The lowest BCUT2D eigenvalue weighted by Gasteiger charge is -2.30. The molecule has 1 heterocycles. The van der Waals surface area contributed by atoms with Crippen molar-refractivity contribution in [3.05, 3.63) is 39.6 Å². The highest BCUT2D eigenvalue weighted by atomic mass is 32.2. The zero-order chi connectivity index (χ0) is 23.8. The van der Waals surface area contributed by atoms with E-state index in [1.807, 2.05) is 0 Å². The van der Waals surface area contributed by atoms with E-state index in [-0.39, 0.29) is 29.9 Å². The minimum absolute atomic E-state index is 0.0725. The molecule has 0 bridgehead atoms. The Morgan fingerprint density at radius 2 is 1.81 bits per heavy atom. The monoisotopic (exact) mass is 462 g/mol. The molecule has 1 aliphatic rings. The molecule has 0 radical (unpaired) electrons. The summed E-state index contributed by atoms with van der Waals surface area (Å²) in [6.07, 6.45) is -0.0725. The molecular weight excluding hydrogens is 436 g/mol. The Morgan fingerprint density at radius 3 is 2.28 bits per heavy atom. The van der Waals surface area contributed by atoms with Crippen molar-refractivity contribution in [2.75, 3.05) is 33.7 Å². The summed E-state index contributed by atoms with van der Waals surface area (Å²) in [6.45, 7) is 3.58. The van der Waals surface area contributed by atoms with Gasteiger partial charge in [0, 0.05) is 11.4 Å². The van der Waals surface area contributed by atoms with Crippen molar-refractivity contribution in [1.82, 2.24) is 5.32 Å². The van der Waals surface area contributed by atoms with Gasteiger partial charge in [-0.2, -0.15) is 5.26 Å². The number of esters is 1. The van der Waals surface area contributed by atoms with Gasteiger partial charge < -0.3 is 29.4 Å². The summed E-state index contributed by atoms with van der Waals surface area (Å²) < 4.78 is 21.5. The average molecular weight is 463 g/mol. The topological polar surface area (TPSA) is 127 Å². The van der Waals surface area contributed by atoms with Crippen molar-refractivity contribution in [2.24, 2.45) is 0 Å². The maximum atomic E-state index is 12.9. The summed E-state index contributed by atoms with van der Waals surface area (Å²) in [7, 11) is 4.44. The lowest BCUT2D eigenvalue weighted by Crippen LogP contribution is -2.29. The van der Waals surface area contributed by atoms with Gasteiger partial charge in [-0.25, -0.2) is 4.79 Å². The number of carboxylic acids is 1. The minimum atomic E-state index is -0.937. The highest BCUT2D eigenvalue weighted by Crippen LogP contribution is 2.46. The van der Waals surface area contributed by atoms with E-state index in [4.69, 9.17) is 24.1 Å². The molecule has 1 atom stereocenters. The number of aliphatic carboxylic acids is 1. The number of hydrogen-bond acceptors (Lipinski definition) is 9. The van der Waals surface area contributed by atoms with Crippen LogP contribution in [0.15, 0.2) is 34.0 Å². The number of carbonyl (C=O) groups excluding carboxylic acids is 1. The molecule has 1 unspecified atom stereocenters. The summed E-state index contributed by atoms with van der Waals surface area (Å²) in [5.74, 6) is -0.887. The number of benzene rings is 1. The van der Waals surface area contributed by atoms with Crippen molar-refractivity contribution >= 4 is 23.7 Å². The highest BCUT2D eigenvalue weighted by molar-refractivity contribution is 8.03. The van der Waals surface area contributed by atoms with E-state index in [0.717, 1.165) is 0 Å². The van der Waals surface area contributed by atoms with Gasteiger partial charge >= 0.3 is 11.9 Å². The Hall–Kier alpha value is -3.32. The molecule has 10 heteroatoms. The second-order valence-electron chi connectivity index (χ2n) is 6.62. The summed E-state index contributed by atoms with van der Waals surface area (Å²) in [5.41, 5.74) is 1.62. The zero-order valence-electron chi connectivity index (χ0n) is 18.6. The van der Waals surface area contributed by atoms with Crippen LogP contribution in [0.4, 0.5) is 0 Å². The molecule has 1 aliphatic heterocycles. The van der Waals surface area contributed by atoms with E-state index < -0.39 is 17.9 Å². The van der Waals surface area contributed by atoms with E-state index in [1.54, 1.807) is 26.0 Å². The molecule has 2 N–H and O–H groups in total. The van der Waals surface area contributed by atoms with Crippen LogP contribution in [-0.4, -0.2) is 50.7 Å². The van der Waals surface area contributed by atoms with Crippen LogP contribution in [0, 0.1) is 11.3 Å². The number of nitrogens with one attached hydrogen (secondary N) is 1. The predicted molar refractivity (Wildman–Crippen MR) is 119 cm³/mol. The van der Waals surface area contributed by atoms with Crippen molar-refractivity contribution in [3.8, 4) is 23.3 Å². The van der Waals surface area contributed by atoms with E-state index in [9.17, 15) is 14.9 Å². The fourth-order valence-corrected chi connectivity index (χ4v) is 4.37. The fraction of sp³-hybridized carbons (Fsp3) is 0.409. The van der Waals surface area contributed by atoms with Gasteiger partial charge in [0.2, 0.25) is 5.75 Å². The zero-order valence-corrected chi connectivity index (χ0v) is 19.4. The lowest BCUT2D eigenvalue weighted by atomic mass is 9.82. The quantitative estimate of drug-likeness (QED) is 0.500. The Labute approximate surface area is 191 Å². The summed E-state index contributed by atoms with van der Waals surface area (Å²) in [4.78, 5) is 23.8. The number of methoxy groups -OCH3 is 3. The van der Waals surface area contributed by atoms with Crippen LogP contribution < -0.4 is 19.5 Å². The number of carboxylic acid groups (broad SMARTS) is 1. The third kappa shape index (κ3) is 5.29. The van der Waals surface area contributed by atoms with Crippen LogP contribution in [0.5, 0.6) is 17.2 Å². The average Bonchev–Trinajstić information content (AvgIpc) is 2.77. The molecule has 0 spiro atoms. The summed E-state index contributed by atoms with van der Waals surface area (Å²) in [5, 5.41) is 22.6. The van der Waals surface area contributed by atoms with Gasteiger partial charge in [0.1, 0.15) is 0 Å². The van der Waals surface area contributed by atoms with Crippen LogP contribution in [0.3, 0.4) is 0 Å².